The lowest BCUT2D eigenvalue weighted by Gasteiger charge is -2.16. The third-order valence-corrected chi connectivity index (χ3v) is 3.70. The molecule has 24 heavy (non-hydrogen) atoms. The van der Waals surface area contributed by atoms with Gasteiger partial charge >= 0.3 is 0 Å². The third kappa shape index (κ3) is 4.17. The molecule has 1 aromatic rings. The molecule has 0 spiro atoms. The molecule has 1 aromatic carbocycles. The average Bonchev–Trinajstić information content (AvgIpc) is 2.79. The van der Waals surface area contributed by atoms with Gasteiger partial charge in [0.2, 0.25) is 5.91 Å². The van der Waals surface area contributed by atoms with E-state index in [9.17, 15) is 9.59 Å². The number of hydrogen-bond acceptors (Lipinski definition) is 4. The zero-order valence-corrected chi connectivity index (χ0v) is 14.5. The number of thiocarbonyl (C=S) groups is 1. The topological polar surface area (TPSA) is 49.9 Å². The number of nitrogens with zero attached hydrogens (tertiary/aromatic N) is 2. The van der Waals surface area contributed by atoms with E-state index in [1.165, 1.54) is 22.8 Å². The Labute approximate surface area is 146 Å². The van der Waals surface area contributed by atoms with Gasteiger partial charge in [0.1, 0.15) is 0 Å². The van der Waals surface area contributed by atoms with Crippen LogP contribution in [0.1, 0.15) is 12.5 Å². The summed E-state index contributed by atoms with van der Waals surface area (Å²) in [4.78, 5) is 26.3. The predicted molar refractivity (Wildman–Crippen MR) is 97.2 cm³/mol. The molecule has 0 unspecified atom stereocenters. The summed E-state index contributed by atoms with van der Waals surface area (Å²) >= 11 is 4.88. The Balaban J connectivity index is 2.05. The van der Waals surface area contributed by atoms with Crippen molar-refractivity contribution in [3.05, 3.63) is 66.1 Å². The van der Waals surface area contributed by atoms with Crippen molar-refractivity contribution < 1.29 is 14.3 Å². The smallest absolute Gasteiger partial charge is 0.296 e. The second-order valence-electron chi connectivity index (χ2n) is 5.21. The lowest BCUT2D eigenvalue weighted by Crippen LogP contribution is -2.22. The van der Waals surface area contributed by atoms with Crippen molar-refractivity contribution in [1.29, 1.82) is 0 Å². The van der Waals surface area contributed by atoms with Gasteiger partial charge < -0.3 is 4.74 Å². The number of amides is 2. The second-order valence-corrected chi connectivity index (χ2v) is 5.56. The summed E-state index contributed by atoms with van der Waals surface area (Å²) in [6.07, 6.45) is 8.26. The number of rotatable bonds is 4. The summed E-state index contributed by atoms with van der Waals surface area (Å²) in [5.74, 6) is -0.198. The number of aryl methyl sites for hydroxylation is 1. The van der Waals surface area contributed by atoms with Gasteiger partial charge in [-0.15, -0.1) is 0 Å². The maximum Gasteiger partial charge on any atom is 0.296 e. The number of likely N-dealkylation sites (N-methyl/N-ethyl adjacent to an activating group) is 1. The fourth-order valence-electron chi connectivity index (χ4n) is 1.98. The number of hydrogen-bond donors (Lipinski definition) is 0. The Kier molecular flexibility index (Phi) is 5.65. The maximum atomic E-state index is 11.8. The first kappa shape index (κ1) is 17.6. The van der Waals surface area contributed by atoms with Crippen LogP contribution in [0.15, 0.2) is 60.5 Å². The van der Waals surface area contributed by atoms with Crippen LogP contribution in [0, 0.1) is 6.92 Å². The number of anilines is 1. The first-order valence-electron chi connectivity index (χ1n) is 7.31. The summed E-state index contributed by atoms with van der Waals surface area (Å²) in [5, 5.41) is 0.136. The molecule has 2 rings (SSSR count). The monoisotopic (exact) mass is 342 g/mol. The molecule has 1 aliphatic heterocycles. The van der Waals surface area contributed by atoms with E-state index in [-0.39, 0.29) is 22.7 Å². The van der Waals surface area contributed by atoms with Crippen molar-refractivity contribution in [3.8, 4) is 0 Å². The van der Waals surface area contributed by atoms with Gasteiger partial charge in [-0.05, 0) is 43.4 Å². The molecule has 1 aliphatic rings. The van der Waals surface area contributed by atoms with E-state index in [2.05, 4.69) is 0 Å². The highest BCUT2D eigenvalue weighted by Gasteiger charge is 2.29. The second kappa shape index (κ2) is 7.70. The maximum absolute atomic E-state index is 11.8. The summed E-state index contributed by atoms with van der Waals surface area (Å²) in [6, 6.07) is 7.66. The van der Waals surface area contributed by atoms with Crippen LogP contribution in [0.25, 0.3) is 0 Å². The zero-order chi connectivity index (χ0) is 17.7. The van der Waals surface area contributed by atoms with Gasteiger partial charge in [0.25, 0.3) is 11.1 Å². The summed E-state index contributed by atoms with van der Waals surface area (Å²) in [7, 11) is 1.56. The molecule has 0 saturated carbocycles. The summed E-state index contributed by atoms with van der Waals surface area (Å²) < 4.78 is 5.16. The van der Waals surface area contributed by atoms with E-state index in [0.29, 0.717) is 0 Å². The van der Waals surface area contributed by atoms with Crippen LogP contribution < -0.4 is 4.90 Å². The summed E-state index contributed by atoms with van der Waals surface area (Å²) in [5.41, 5.74) is 1.92. The molecule has 0 aromatic heterocycles. The van der Waals surface area contributed by atoms with Gasteiger partial charge in [0.05, 0.1) is 0 Å². The van der Waals surface area contributed by atoms with E-state index >= 15 is 0 Å². The lowest BCUT2D eigenvalue weighted by atomic mass is 10.2. The Morgan fingerprint density at radius 1 is 1.21 bits per heavy atom. The first-order chi connectivity index (χ1) is 11.4. The molecule has 1 fully saturated rings. The molecule has 1 heterocycles. The Bertz CT molecular complexity index is 748. The standard InChI is InChI=1S/C18H18N2O3S/c1-13-8-10-15(11-9-13)20(14(2)21)12-6-4-5-7-16-17(22)19(3)18(24)23-16/h4-12H,1-3H3/b5-4+,12-6+,16-7+. The highest BCUT2D eigenvalue weighted by Crippen LogP contribution is 2.16. The molecule has 0 bridgehead atoms. The van der Waals surface area contributed by atoms with Gasteiger partial charge in [0.15, 0.2) is 5.76 Å². The number of carbonyl (C=O) groups is 2. The number of ether oxygens (including phenoxy) is 1. The minimum Gasteiger partial charge on any atom is -0.426 e. The zero-order valence-electron chi connectivity index (χ0n) is 13.7. The van der Waals surface area contributed by atoms with Crippen molar-refractivity contribution in [2.24, 2.45) is 0 Å². The molecular weight excluding hydrogens is 324 g/mol. The normalized spacial score (nSPS) is 16.5. The Hall–Kier alpha value is -2.73. The quantitative estimate of drug-likeness (QED) is 0.479. The number of benzene rings is 1. The highest BCUT2D eigenvalue weighted by molar-refractivity contribution is 7.80. The van der Waals surface area contributed by atoms with Crippen molar-refractivity contribution >= 4 is 34.9 Å². The molecule has 1 saturated heterocycles. The van der Waals surface area contributed by atoms with Crippen molar-refractivity contribution in [1.82, 2.24) is 4.90 Å². The molecule has 5 nitrogen and oxygen atoms in total. The van der Waals surface area contributed by atoms with Crippen LogP contribution in [-0.4, -0.2) is 28.9 Å². The fraction of sp³-hybridized carbons (Fsp3) is 0.167. The number of allylic oxidation sites excluding steroid dienone is 4. The summed E-state index contributed by atoms with van der Waals surface area (Å²) in [6.45, 7) is 3.49. The van der Waals surface area contributed by atoms with E-state index in [4.69, 9.17) is 17.0 Å². The molecule has 0 atom stereocenters. The van der Waals surface area contributed by atoms with Crippen LogP contribution in [0.4, 0.5) is 5.69 Å². The average molecular weight is 342 g/mol. The largest absolute Gasteiger partial charge is 0.426 e. The van der Waals surface area contributed by atoms with Crippen LogP contribution in [0.2, 0.25) is 0 Å². The first-order valence-corrected chi connectivity index (χ1v) is 7.72. The fourth-order valence-corrected chi connectivity index (χ4v) is 2.15. The van der Waals surface area contributed by atoms with Gasteiger partial charge in [-0.2, -0.15) is 0 Å². The van der Waals surface area contributed by atoms with Gasteiger partial charge in [-0.25, -0.2) is 0 Å². The Morgan fingerprint density at radius 2 is 1.88 bits per heavy atom. The van der Waals surface area contributed by atoms with Gasteiger partial charge in [0, 0.05) is 25.9 Å². The van der Waals surface area contributed by atoms with E-state index in [1.54, 1.807) is 31.5 Å². The van der Waals surface area contributed by atoms with Gasteiger partial charge in [-0.1, -0.05) is 29.8 Å². The molecule has 0 aliphatic carbocycles. The van der Waals surface area contributed by atoms with Crippen LogP contribution in [0.5, 0.6) is 0 Å². The van der Waals surface area contributed by atoms with E-state index < -0.39 is 0 Å². The van der Waals surface area contributed by atoms with Crippen LogP contribution in [-0.2, 0) is 14.3 Å². The van der Waals surface area contributed by atoms with Gasteiger partial charge in [-0.3, -0.25) is 19.4 Å². The van der Waals surface area contributed by atoms with Crippen LogP contribution in [0.3, 0.4) is 0 Å². The predicted octanol–water partition coefficient (Wildman–Crippen LogP) is 3.08. The molecular formula is C18H18N2O3S. The van der Waals surface area contributed by atoms with E-state index in [0.717, 1.165) is 11.3 Å². The molecule has 6 heteroatoms. The van der Waals surface area contributed by atoms with Crippen LogP contribution >= 0.6 is 12.2 Å². The molecule has 124 valence electrons. The Morgan fingerprint density at radius 3 is 2.42 bits per heavy atom. The van der Waals surface area contributed by atoms with Crippen molar-refractivity contribution in [2.45, 2.75) is 13.8 Å². The SMILES string of the molecule is CC(=O)N(/C=C/C=C/C=C1/OC(=S)N(C)C1=O)c1ccc(C)cc1. The highest BCUT2D eigenvalue weighted by atomic mass is 32.1. The molecule has 2 amide bonds. The van der Waals surface area contributed by atoms with Crippen molar-refractivity contribution in [2.75, 3.05) is 11.9 Å². The molecule has 0 radical (unpaired) electrons. The minimum absolute atomic E-state index is 0.0943. The number of carbonyl (C=O) groups excluding carboxylic acids is 2. The lowest BCUT2D eigenvalue weighted by molar-refractivity contribution is -0.122. The molecule has 0 N–H and O–H groups in total. The van der Waals surface area contributed by atoms with E-state index in [1.807, 2.05) is 31.2 Å². The third-order valence-electron chi connectivity index (χ3n) is 3.34. The minimum atomic E-state index is -0.279. The van der Waals surface area contributed by atoms with Crippen molar-refractivity contribution in [3.63, 3.8) is 0 Å².